The summed E-state index contributed by atoms with van der Waals surface area (Å²) < 4.78 is 1.90. The van der Waals surface area contributed by atoms with E-state index >= 15 is 0 Å². The van der Waals surface area contributed by atoms with E-state index in [0.29, 0.717) is 5.92 Å². The van der Waals surface area contributed by atoms with Crippen LogP contribution in [0.2, 0.25) is 0 Å². The molecule has 0 saturated heterocycles. The van der Waals surface area contributed by atoms with Crippen LogP contribution >= 0.6 is 0 Å². The highest BCUT2D eigenvalue weighted by Gasteiger charge is 2.20. The monoisotopic (exact) mass is 208 g/mol. The van der Waals surface area contributed by atoms with Crippen molar-refractivity contribution in [3.8, 4) is 0 Å². The van der Waals surface area contributed by atoms with Gasteiger partial charge in [-0.15, -0.1) is 0 Å². The molecule has 4 heteroatoms. The first-order valence-electron chi connectivity index (χ1n) is 5.85. The molecular formula is C11H20N4. The summed E-state index contributed by atoms with van der Waals surface area (Å²) >= 11 is 0. The quantitative estimate of drug-likeness (QED) is 0.820. The van der Waals surface area contributed by atoms with Crippen molar-refractivity contribution in [3.05, 3.63) is 11.6 Å². The second kappa shape index (κ2) is 4.75. The van der Waals surface area contributed by atoms with Crippen molar-refractivity contribution in [3.63, 3.8) is 0 Å². The topological polar surface area (TPSA) is 42.7 Å². The van der Waals surface area contributed by atoms with E-state index in [9.17, 15) is 0 Å². The average molecular weight is 208 g/mol. The Kier molecular flexibility index (Phi) is 3.36. The van der Waals surface area contributed by atoms with Gasteiger partial charge < -0.3 is 5.32 Å². The van der Waals surface area contributed by atoms with Crippen LogP contribution in [-0.4, -0.2) is 21.8 Å². The molecule has 0 aromatic carbocycles. The fourth-order valence-electron chi connectivity index (χ4n) is 2.28. The number of aryl methyl sites for hydroxylation is 1. The third-order valence-electron chi connectivity index (χ3n) is 3.17. The Hall–Kier alpha value is -0.900. The number of nitrogens with one attached hydrogen (secondary N) is 1. The van der Waals surface area contributed by atoms with E-state index in [1.54, 1.807) is 0 Å². The molecule has 1 aliphatic carbocycles. The Labute approximate surface area is 91.1 Å². The summed E-state index contributed by atoms with van der Waals surface area (Å²) in [5, 5.41) is 7.64. The zero-order valence-electron chi connectivity index (χ0n) is 9.66. The minimum Gasteiger partial charge on any atom is -0.313 e. The zero-order valence-corrected chi connectivity index (χ0v) is 9.66. The van der Waals surface area contributed by atoms with Gasteiger partial charge in [-0.2, -0.15) is 5.10 Å². The van der Waals surface area contributed by atoms with Crippen LogP contribution in [-0.2, 0) is 13.6 Å². The second-order valence-corrected chi connectivity index (χ2v) is 4.38. The Morgan fingerprint density at radius 1 is 1.33 bits per heavy atom. The van der Waals surface area contributed by atoms with Crippen molar-refractivity contribution < 1.29 is 0 Å². The van der Waals surface area contributed by atoms with Crippen LogP contribution in [0.5, 0.6) is 0 Å². The third kappa shape index (κ3) is 2.37. The lowest BCUT2D eigenvalue weighted by Gasteiger charge is -2.18. The van der Waals surface area contributed by atoms with Gasteiger partial charge in [0.2, 0.25) is 0 Å². The van der Waals surface area contributed by atoms with Crippen LogP contribution < -0.4 is 5.32 Å². The summed E-state index contributed by atoms with van der Waals surface area (Å²) in [5.41, 5.74) is 0. The Morgan fingerprint density at radius 2 is 2.07 bits per heavy atom. The minimum absolute atomic E-state index is 0.607. The van der Waals surface area contributed by atoms with Crippen molar-refractivity contribution in [2.75, 3.05) is 7.05 Å². The van der Waals surface area contributed by atoms with Gasteiger partial charge in [0.05, 0.1) is 6.54 Å². The van der Waals surface area contributed by atoms with Gasteiger partial charge in [-0.05, 0) is 19.9 Å². The molecule has 1 N–H and O–H groups in total. The zero-order chi connectivity index (χ0) is 10.7. The number of rotatable bonds is 3. The molecule has 0 aliphatic heterocycles. The molecule has 2 rings (SSSR count). The maximum atomic E-state index is 4.61. The van der Waals surface area contributed by atoms with E-state index in [-0.39, 0.29) is 0 Å². The molecule has 1 aromatic rings. The van der Waals surface area contributed by atoms with Crippen LogP contribution in [0.1, 0.15) is 49.7 Å². The van der Waals surface area contributed by atoms with Crippen LogP contribution in [0, 0.1) is 0 Å². The largest absolute Gasteiger partial charge is 0.313 e. The predicted octanol–water partition coefficient (Wildman–Crippen LogP) is 1.58. The van der Waals surface area contributed by atoms with Crippen molar-refractivity contribution in [2.24, 2.45) is 7.05 Å². The van der Waals surface area contributed by atoms with E-state index in [4.69, 9.17) is 0 Å². The molecule has 0 amide bonds. The molecule has 0 radical (unpaired) electrons. The smallest absolute Gasteiger partial charge is 0.154 e. The molecule has 1 aliphatic rings. The highest BCUT2D eigenvalue weighted by molar-refractivity contribution is 5.00. The van der Waals surface area contributed by atoms with E-state index in [0.717, 1.165) is 18.2 Å². The number of nitrogens with zero attached hydrogens (tertiary/aromatic N) is 3. The van der Waals surface area contributed by atoms with Crippen LogP contribution in [0.25, 0.3) is 0 Å². The molecule has 1 saturated carbocycles. The molecule has 15 heavy (non-hydrogen) atoms. The van der Waals surface area contributed by atoms with Gasteiger partial charge in [0.25, 0.3) is 0 Å². The van der Waals surface area contributed by atoms with Gasteiger partial charge in [0.15, 0.2) is 5.82 Å². The summed E-state index contributed by atoms with van der Waals surface area (Å²) in [6, 6.07) is 0. The number of hydrogen-bond acceptors (Lipinski definition) is 3. The first-order chi connectivity index (χ1) is 7.31. The molecule has 4 nitrogen and oxygen atoms in total. The summed E-state index contributed by atoms with van der Waals surface area (Å²) in [4.78, 5) is 4.61. The molecule has 1 fully saturated rings. The van der Waals surface area contributed by atoms with Crippen molar-refractivity contribution in [2.45, 2.75) is 44.6 Å². The van der Waals surface area contributed by atoms with E-state index < -0.39 is 0 Å². The molecule has 1 aromatic heterocycles. The lowest BCUT2D eigenvalue weighted by Crippen LogP contribution is -2.10. The third-order valence-corrected chi connectivity index (χ3v) is 3.17. The lowest BCUT2D eigenvalue weighted by molar-refractivity contribution is 0.427. The number of hydrogen-bond donors (Lipinski definition) is 1. The molecule has 0 spiro atoms. The standard InChI is InChI=1S/C11H20N4/c1-12-8-10-13-11(14-15(10)2)9-6-4-3-5-7-9/h9,12H,3-8H2,1-2H3. The minimum atomic E-state index is 0.607. The Morgan fingerprint density at radius 3 is 2.73 bits per heavy atom. The van der Waals surface area contributed by atoms with Gasteiger partial charge in [0.1, 0.15) is 5.82 Å². The average Bonchev–Trinajstić information content (AvgIpc) is 2.63. The fourth-order valence-corrected chi connectivity index (χ4v) is 2.28. The highest BCUT2D eigenvalue weighted by atomic mass is 15.3. The SMILES string of the molecule is CNCc1nc(C2CCCCC2)nn1C. The first-order valence-corrected chi connectivity index (χ1v) is 5.85. The van der Waals surface area contributed by atoms with Gasteiger partial charge in [-0.3, -0.25) is 4.68 Å². The molecule has 0 unspecified atom stereocenters. The Balaban J connectivity index is 2.10. The molecular weight excluding hydrogens is 188 g/mol. The van der Waals surface area contributed by atoms with Crippen molar-refractivity contribution in [1.82, 2.24) is 20.1 Å². The normalized spacial score (nSPS) is 18.3. The van der Waals surface area contributed by atoms with Crippen LogP contribution in [0.15, 0.2) is 0 Å². The molecule has 84 valence electrons. The fraction of sp³-hybridized carbons (Fsp3) is 0.818. The second-order valence-electron chi connectivity index (χ2n) is 4.38. The number of aromatic nitrogens is 3. The van der Waals surface area contributed by atoms with Crippen LogP contribution in [0.4, 0.5) is 0 Å². The van der Waals surface area contributed by atoms with E-state index in [1.165, 1.54) is 32.1 Å². The van der Waals surface area contributed by atoms with Gasteiger partial charge in [-0.25, -0.2) is 4.98 Å². The van der Waals surface area contributed by atoms with Crippen molar-refractivity contribution in [1.29, 1.82) is 0 Å². The van der Waals surface area contributed by atoms with Crippen molar-refractivity contribution >= 4 is 0 Å². The summed E-state index contributed by atoms with van der Waals surface area (Å²) in [7, 11) is 3.92. The molecule has 1 heterocycles. The highest BCUT2D eigenvalue weighted by Crippen LogP contribution is 2.30. The van der Waals surface area contributed by atoms with E-state index in [2.05, 4.69) is 15.4 Å². The van der Waals surface area contributed by atoms with Gasteiger partial charge in [0, 0.05) is 13.0 Å². The summed E-state index contributed by atoms with van der Waals surface area (Å²) in [5.74, 6) is 2.70. The lowest BCUT2D eigenvalue weighted by atomic mass is 9.89. The summed E-state index contributed by atoms with van der Waals surface area (Å²) in [6.07, 6.45) is 6.59. The van der Waals surface area contributed by atoms with Crippen LogP contribution in [0.3, 0.4) is 0 Å². The maximum absolute atomic E-state index is 4.61. The molecule has 0 atom stereocenters. The summed E-state index contributed by atoms with van der Waals surface area (Å²) in [6.45, 7) is 0.802. The Bertz CT molecular complexity index is 312. The maximum Gasteiger partial charge on any atom is 0.154 e. The van der Waals surface area contributed by atoms with Gasteiger partial charge in [-0.1, -0.05) is 19.3 Å². The predicted molar refractivity (Wildman–Crippen MR) is 59.6 cm³/mol. The van der Waals surface area contributed by atoms with E-state index in [1.807, 2.05) is 18.8 Å². The first kappa shape index (κ1) is 10.6. The van der Waals surface area contributed by atoms with Gasteiger partial charge >= 0.3 is 0 Å². The molecule has 0 bridgehead atoms.